The van der Waals surface area contributed by atoms with Crippen molar-refractivity contribution in [3.8, 4) is 0 Å². The lowest BCUT2D eigenvalue weighted by Crippen LogP contribution is -2.37. The fourth-order valence-corrected chi connectivity index (χ4v) is 2.84. The zero-order valence-electron chi connectivity index (χ0n) is 14.7. The Labute approximate surface area is 141 Å². The Hall–Kier alpha value is -2.50. The van der Waals surface area contributed by atoms with Gasteiger partial charge in [-0.1, -0.05) is 6.92 Å². The molecule has 0 radical (unpaired) electrons. The molecular formula is C18H22N2O4. The second-order valence-corrected chi connectivity index (χ2v) is 6.17. The highest BCUT2D eigenvalue weighted by Gasteiger charge is 2.44. The van der Waals surface area contributed by atoms with Crippen LogP contribution in [0.2, 0.25) is 0 Å². The van der Waals surface area contributed by atoms with Gasteiger partial charge in [-0.15, -0.1) is 0 Å². The summed E-state index contributed by atoms with van der Waals surface area (Å²) in [6.45, 7) is 9.25. The van der Waals surface area contributed by atoms with Gasteiger partial charge in [-0.05, 0) is 62.4 Å². The molecule has 1 heterocycles. The van der Waals surface area contributed by atoms with Gasteiger partial charge in [0.25, 0.3) is 0 Å². The lowest BCUT2D eigenvalue weighted by atomic mass is 9.92. The number of amides is 4. The number of aryl methyl sites for hydroxylation is 1. The highest BCUT2D eigenvalue weighted by molar-refractivity contribution is 6.45. The molecule has 6 heteroatoms. The van der Waals surface area contributed by atoms with Crippen molar-refractivity contribution in [3.05, 3.63) is 33.9 Å². The monoisotopic (exact) mass is 330 g/mol. The van der Waals surface area contributed by atoms with Gasteiger partial charge in [0.05, 0.1) is 6.54 Å². The fourth-order valence-electron chi connectivity index (χ4n) is 2.84. The molecule has 0 N–H and O–H groups in total. The number of imide groups is 2. The second-order valence-electron chi connectivity index (χ2n) is 6.17. The van der Waals surface area contributed by atoms with Crippen LogP contribution in [0.1, 0.15) is 46.0 Å². The Balaban J connectivity index is 2.29. The van der Waals surface area contributed by atoms with Gasteiger partial charge in [0, 0.05) is 12.1 Å². The summed E-state index contributed by atoms with van der Waals surface area (Å²) >= 11 is 0. The molecule has 1 aliphatic heterocycles. The van der Waals surface area contributed by atoms with Crippen molar-refractivity contribution in [2.24, 2.45) is 0 Å². The van der Waals surface area contributed by atoms with Gasteiger partial charge in [-0.25, -0.2) is 9.69 Å². The summed E-state index contributed by atoms with van der Waals surface area (Å²) in [6, 6.07) is 1.06. The topological polar surface area (TPSA) is 74.8 Å². The number of carbonyl (C=O) groups excluding carboxylic acids is 4. The van der Waals surface area contributed by atoms with Crippen LogP contribution >= 0.6 is 0 Å². The molecule has 6 nitrogen and oxygen atoms in total. The molecule has 128 valence electrons. The average Bonchev–Trinajstić information content (AvgIpc) is 2.74. The third-order valence-electron chi connectivity index (χ3n) is 4.67. The van der Waals surface area contributed by atoms with E-state index in [1.54, 1.807) is 13.0 Å². The van der Waals surface area contributed by atoms with Crippen LogP contribution in [0.4, 0.5) is 4.79 Å². The van der Waals surface area contributed by atoms with Crippen LogP contribution in [0.5, 0.6) is 0 Å². The van der Waals surface area contributed by atoms with E-state index in [2.05, 4.69) is 0 Å². The van der Waals surface area contributed by atoms with Crippen molar-refractivity contribution in [2.75, 3.05) is 13.1 Å². The molecule has 0 spiro atoms. The van der Waals surface area contributed by atoms with Crippen molar-refractivity contribution in [3.63, 3.8) is 0 Å². The van der Waals surface area contributed by atoms with Gasteiger partial charge in [-0.2, -0.15) is 0 Å². The Morgan fingerprint density at radius 2 is 1.50 bits per heavy atom. The molecule has 24 heavy (non-hydrogen) atoms. The third-order valence-corrected chi connectivity index (χ3v) is 4.67. The maximum atomic E-state index is 12.6. The van der Waals surface area contributed by atoms with Crippen LogP contribution in [0, 0.1) is 27.7 Å². The van der Waals surface area contributed by atoms with E-state index >= 15 is 0 Å². The second kappa shape index (κ2) is 6.55. The summed E-state index contributed by atoms with van der Waals surface area (Å²) in [5.74, 6) is -2.13. The number of benzene rings is 1. The van der Waals surface area contributed by atoms with Crippen LogP contribution in [0.3, 0.4) is 0 Å². The summed E-state index contributed by atoms with van der Waals surface area (Å²) in [5.41, 5.74) is 4.42. The minimum absolute atomic E-state index is 0.176. The number of nitrogens with zero attached hydrogens (tertiary/aromatic N) is 2. The minimum atomic E-state index is -0.931. The SMILES string of the molecule is CCCN1C(=O)C(=O)N(CC(=O)c2cc(C)c(C)c(C)c2C)C1=O. The first-order chi connectivity index (χ1) is 11.2. The van der Waals surface area contributed by atoms with E-state index in [1.165, 1.54) is 0 Å². The van der Waals surface area contributed by atoms with Crippen molar-refractivity contribution in [1.29, 1.82) is 0 Å². The highest BCUT2D eigenvalue weighted by Crippen LogP contribution is 2.22. The Morgan fingerprint density at radius 3 is 2.08 bits per heavy atom. The molecule has 1 saturated heterocycles. The lowest BCUT2D eigenvalue weighted by Gasteiger charge is -2.17. The van der Waals surface area contributed by atoms with Crippen LogP contribution in [-0.2, 0) is 9.59 Å². The number of carbonyl (C=O) groups is 4. The van der Waals surface area contributed by atoms with Crippen molar-refractivity contribution < 1.29 is 19.2 Å². The number of urea groups is 1. The zero-order valence-corrected chi connectivity index (χ0v) is 14.7. The quantitative estimate of drug-likeness (QED) is 0.472. The smallest absolute Gasteiger partial charge is 0.292 e. The van der Waals surface area contributed by atoms with Crippen LogP contribution in [-0.4, -0.2) is 46.5 Å². The van der Waals surface area contributed by atoms with Crippen LogP contribution < -0.4 is 0 Å². The van der Waals surface area contributed by atoms with Crippen molar-refractivity contribution >= 4 is 23.6 Å². The Morgan fingerprint density at radius 1 is 0.917 bits per heavy atom. The van der Waals surface area contributed by atoms with Gasteiger partial charge in [0.2, 0.25) is 0 Å². The van der Waals surface area contributed by atoms with E-state index in [-0.39, 0.29) is 12.3 Å². The molecule has 0 saturated carbocycles. The molecule has 0 aliphatic carbocycles. The summed E-state index contributed by atoms with van der Waals surface area (Å²) < 4.78 is 0. The van der Waals surface area contributed by atoms with E-state index in [0.717, 1.165) is 32.1 Å². The van der Waals surface area contributed by atoms with Crippen molar-refractivity contribution in [1.82, 2.24) is 9.80 Å². The molecule has 1 aromatic rings. The lowest BCUT2D eigenvalue weighted by molar-refractivity contribution is -0.143. The van der Waals surface area contributed by atoms with Gasteiger partial charge in [0.1, 0.15) is 0 Å². The van der Waals surface area contributed by atoms with Crippen LogP contribution in [0.15, 0.2) is 6.07 Å². The number of hydrogen-bond acceptors (Lipinski definition) is 4. The first-order valence-electron chi connectivity index (χ1n) is 7.98. The molecule has 4 amide bonds. The molecule has 0 unspecified atom stereocenters. The molecule has 1 fully saturated rings. The third kappa shape index (κ3) is 2.84. The highest BCUT2D eigenvalue weighted by atomic mass is 16.2. The largest absolute Gasteiger partial charge is 0.334 e. The normalized spacial score (nSPS) is 14.8. The van der Waals surface area contributed by atoms with E-state index in [9.17, 15) is 19.2 Å². The predicted octanol–water partition coefficient (Wildman–Crippen LogP) is 2.30. The molecule has 2 rings (SSSR count). The van der Waals surface area contributed by atoms with E-state index in [1.807, 2.05) is 27.7 Å². The molecule has 0 aromatic heterocycles. The van der Waals surface area contributed by atoms with E-state index < -0.39 is 24.4 Å². The Bertz CT molecular complexity index is 752. The standard InChI is InChI=1S/C18H22N2O4/c1-6-7-19-16(22)17(23)20(18(19)24)9-15(21)14-8-10(2)11(3)12(4)13(14)5/h8H,6-7,9H2,1-5H3. The van der Waals surface area contributed by atoms with Gasteiger partial charge in [-0.3, -0.25) is 19.3 Å². The van der Waals surface area contributed by atoms with E-state index in [0.29, 0.717) is 12.0 Å². The maximum absolute atomic E-state index is 12.6. The first kappa shape index (κ1) is 17.8. The number of Topliss-reactive ketones (excluding diaryl/α,β-unsaturated/α-hetero) is 1. The van der Waals surface area contributed by atoms with E-state index in [4.69, 9.17) is 0 Å². The average molecular weight is 330 g/mol. The summed E-state index contributed by atoms with van der Waals surface area (Å²) in [7, 11) is 0. The molecule has 0 atom stereocenters. The minimum Gasteiger partial charge on any atom is -0.292 e. The molecular weight excluding hydrogens is 308 g/mol. The number of hydrogen-bond donors (Lipinski definition) is 0. The number of rotatable bonds is 5. The summed E-state index contributed by atoms with van der Waals surface area (Å²) in [4.78, 5) is 50.3. The first-order valence-corrected chi connectivity index (χ1v) is 7.98. The molecule has 1 aliphatic rings. The molecule has 0 bridgehead atoms. The molecule has 1 aromatic carbocycles. The summed E-state index contributed by atoms with van der Waals surface area (Å²) in [6.07, 6.45) is 0.558. The van der Waals surface area contributed by atoms with Crippen LogP contribution in [0.25, 0.3) is 0 Å². The Kier molecular flexibility index (Phi) is 4.87. The maximum Gasteiger partial charge on any atom is 0.334 e. The summed E-state index contributed by atoms with van der Waals surface area (Å²) in [5, 5.41) is 0. The fraction of sp³-hybridized carbons (Fsp3) is 0.444. The van der Waals surface area contributed by atoms with Gasteiger partial charge < -0.3 is 0 Å². The van der Waals surface area contributed by atoms with Crippen molar-refractivity contribution in [2.45, 2.75) is 41.0 Å². The predicted molar refractivity (Wildman–Crippen MR) is 88.8 cm³/mol. The van der Waals surface area contributed by atoms with Gasteiger partial charge >= 0.3 is 17.8 Å². The zero-order chi connectivity index (χ0) is 18.2. The number of ketones is 1. The van der Waals surface area contributed by atoms with Gasteiger partial charge in [0.15, 0.2) is 5.78 Å².